The zero-order chi connectivity index (χ0) is 15.8. The molecule has 8 heteroatoms. The Hall–Kier alpha value is -2.48. The van der Waals surface area contributed by atoms with Crippen molar-refractivity contribution in [2.45, 2.75) is 6.92 Å². The van der Waals surface area contributed by atoms with Crippen molar-refractivity contribution in [2.75, 3.05) is 24.7 Å². The smallest absolute Gasteiger partial charge is 0.329 e. The average Bonchev–Trinajstić information content (AvgIpc) is 2.39. The molecule has 0 saturated heterocycles. The van der Waals surface area contributed by atoms with Crippen LogP contribution in [-0.4, -0.2) is 42.8 Å². The average molecular weight is 298 g/mol. The number of imide groups is 1. The van der Waals surface area contributed by atoms with Gasteiger partial charge in [0.05, 0.1) is 0 Å². The predicted octanol–water partition coefficient (Wildman–Crippen LogP) is 0.989. The lowest BCUT2D eigenvalue weighted by atomic mass is 10.3. The molecule has 0 atom stereocenters. The van der Waals surface area contributed by atoms with Gasteiger partial charge >= 0.3 is 12.0 Å². The lowest BCUT2D eigenvalue weighted by molar-refractivity contribution is -0.143. The monoisotopic (exact) mass is 298 g/mol. The van der Waals surface area contributed by atoms with E-state index in [9.17, 15) is 18.8 Å². The van der Waals surface area contributed by atoms with Gasteiger partial charge in [0.1, 0.15) is 19.0 Å². The third-order valence-electron chi connectivity index (χ3n) is 2.39. The number of carbonyl (C=O) groups is 3. The van der Waals surface area contributed by atoms with E-state index in [-0.39, 0.29) is 6.54 Å². The van der Waals surface area contributed by atoms with E-state index in [0.29, 0.717) is 5.69 Å². The first-order chi connectivity index (χ1) is 9.93. The van der Waals surface area contributed by atoms with Crippen LogP contribution in [0, 0.1) is 5.82 Å². The highest BCUT2D eigenvalue weighted by atomic mass is 19.1. The summed E-state index contributed by atoms with van der Waals surface area (Å²) in [6, 6.07) is 4.62. The van der Waals surface area contributed by atoms with E-state index in [0.717, 1.165) is 11.0 Å². The highest BCUT2D eigenvalue weighted by Crippen LogP contribution is 2.15. The molecule has 1 aromatic rings. The van der Waals surface area contributed by atoms with Crippen LogP contribution in [0.1, 0.15) is 6.92 Å². The number of ether oxygens (including phenoxy) is 1. The Labute approximate surface area is 120 Å². The van der Waals surface area contributed by atoms with Gasteiger partial charge in [0.25, 0.3) is 5.91 Å². The molecule has 0 aliphatic carbocycles. The molecular formula is C13H15FN2O5. The lowest BCUT2D eigenvalue weighted by Gasteiger charge is -2.20. The highest BCUT2D eigenvalue weighted by molar-refractivity contribution is 6.03. The number of aliphatic carboxylic acids is 1. The summed E-state index contributed by atoms with van der Waals surface area (Å²) in [5.74, 6) is -2.50. The van der Waals surface area contributed by atoms with Crippen LogP contribution in [0.4, 0.5) is 14.9 Å². The van der Waals surface area contributed by atoms with E-state index in [4.69, 9.17) is 5.11 Å². The molecule has 3 amide bonds. The first-order valence-corrected chi connectivity index (χ1v) is 6.10. The SMILES string of the molecule is CCN(C(=O)NC(=O)COCC(=O)O)c1cccc(F)c1. The van der Waals surface area contributed by atoms with Gasteiger partial charge in [-0.05, 0) is 25.1 Å². The largest absolute Gasteiger partial charge is 0.480 e. The maximum Gasteiger partial charge on any atom is 0.329 e. The lowest BCUT2D eigenvalue weighted by Crippen LogP contribution is -2.44. The summed E-state index contributed by atoms with van der Waals surface area (Å²) in [6.45, 7) is 0.691. The summed E-state index contributed by atoms with van der Waals surface area (Å²) in [4.78, 5) is 34.7. The minimum absolute atomic E-state index is 0.221. The number of benzene rings is 1. The predicted molar refractivity (Wildman–Crippen MR) is 71.4 cm³/mol. The summed E-state index contributed by atoms with van der Waals surface area (Å²) in [7, 11) is 0. The fourth-order valence-electron chi connectivity index (χ4n) is 1.54. The van der Waals surface area contributed by atoms with E-state index in [1.807, 2.05) is 5.32 Å². The summed E-state index contributed by atoms with van der Waals surface area (Å²) >= 11 is 0. The number of hydrogen-bond acceptors (Lipinski definition) is 4. The molecular weight excluding hydrogens is 283 g/mol. The van der Waals surface area contributed by atoms with Crippen molar-refractivity contribution in [1.29, 1.82) is 0 Å². The molecule has 0 radical (unpaired) electrons. The van der Waals surface area contributed by atoms with E-state index in [2.05, 4.69) is 4.74 Å². The molecule has 0 spiro atoms. The van der Waals surface area contributed by atoms with Gasteiger partial charge in [-0.3, -0.25) is 15.0 Å². The first kappa shape index (κ1) is 16.6. The van der Waals surface area contributed by atoms with Crippen LogP contribution in [0.2, 0.25) is 0 Å². The van der Waals surface area contributed by atoms with Crippen LogP contribution in [-0.2, 0) is 14.3 Å². The molecule has 114 valence electrons. The number of halogens is 1. The fraction of sp³-hybridized carbons (Fsp3) is 0.308. The molecule has 0 bridgehead atoms. The number of rotatable bonds is 6. The Balaban J connectivity index is 2.59. The Bertz CT molecular complexity index is 535. The Morgan fingerprint density at radius 1 is 1.33 bits per heavy atom. The van der Waals surface area contributed by atoms with E-state index in [1.54, 1.807) is 6.92 Å². The van der Waals surface area contributed by atoms with Crippen LogP contribution >= 0.6 is 0 Å². The molecule has 0 aliphatic heterocycles. The van der Waals surface area contributed by atoms with Gasteiger partial charge in [0, 0.05) is 12.2 Å². The van der Waals surface area contributed by atoms with Crippen LogP contribution in [0.3, 0.4) is 0 Å². The summed E-state index contributed by atoms with van der Waals surface area (Å²) < 4.78 is 17.7. The zero-order valence-corrected chi connectivity index (χ0v) is 11.3. The molecule has 1 rings (SSSR count). The van der Waals surface area contributed by atoms with Crippen molar-refractivity contribution in [3.05, 3.63) is 30.1 Å². The van der Waals surface area contributed by atoms with Gasteiger partial charge in [-0.1, -0.05) is 6.07 Å². The number of carboxylic acids is 1. The second-order valence-corrected chi connectivity index (χ2v) is 3.96. The number of anilines is 1. The molecule has 0 aliphatic rings. The molecule has 0 heterocycles. The number of carbonyl (C=O) groups excluding carboxylic acids is 2. The standard InChI is InChI=1S/C13H15FN2O5/c1-2-16(10-5-3-4-9(14)6-10)13(20)15-11(17)7-21-8-12(18)19/h3-6H,2,7-8H2,1H3,(H,18,19)(H,15,17,20). The molecule has 21 heavy (non-hydrogen) atoms. The van der Waals surface area contributed by atoms with Crippen molar-refractivity contribution >= 4 is 23.6 Å². The highest BCUT2D eigenvalue weighted by Gasteiger charge is 2.17. The Morgan fingerprint density at radius 2 is 2.05 bits per heavy atom. The quantitative estimate of drug-likeness (QED) is 0.816. The van der Waals surface area contributed by atoms with Gasteiger partial charge in [0.15, 0.2) is 0 Å². The molecule has 0 aromatic heterocycles. The van der Waals surface area contributed by atoms with E-state index in [1.165, 1.54) is 18.2 Å². The van der Waals surface area contributed by atoms with Crippen LogP contribution in [0.25, 0.3) is 0 Å². The number of carboxylic acid groups (broad SMARTS) is 1. The molecule has 7 nitrogen and oxygen atoms in total. The van der Waals surface area contributed by atoms with Crippen LogP contribution < -0.4 is 10.2 Å². The minimum Gasteiger partial charge on any atom is -0.480 e. The maximum atomic E-state index is 13.1. The third kappa shape index (κ3) is 5.57. The van der Waals surface area contributed by atoms with Gasteiger partial charge in [-0.25, -0.2) is 14.0 Å². The number of nitrogens with zero attached hydrogens (tertiary/aromatic N) is 1. The number of urea groups is 1. The van der Waals surface area contributed by atoms with Crippen molar-refractivity contribution in [3.8, 4) is 0 Å². The second-order valence-electron chi connectivity index (χ2n) is 3.96. The van der Waals surface area contributed by atoms with Crippen molar-refractivity contribution in [2.24, 2.45) is 0 Å². The number of nitrogens with one attached hydrogen (secondary N) is 1. The van der Waals surface area contributed by atoms with Crippen molar-refractivity contribution < 1.29 is 28.6 Å². The van der Waals surface area contributed by atoms with Crippen LogP contribution in [0.15, 0.2) is 24.3 Å². The Kier molecular flexibility index (Phi) is 6.28. The van der Waals surface area contributed by atoms with Crippen LogP contribution in [0.5, 0.6) is 0 Å². The van der Waals surface area contributed by atoms with Crippen molar-refractivity contribution in [1.82, 2.24) is 5.32 Å². The van der Waals surface area contributed by atoms with Gasteiger partial charge in [0.2, 0.25) is 0 Å². The molecule has 0 fully saturated rings. The molecule has 0 saturated carbocycles. The maximum absolute atomic E-state index is 13.1. The summed E-state index contributed by atoms with van der Waals surface area (Å²) in [5.41, 5.74) is 0.300. The first-order valence-electron chi connectivity index (χ1n) is 6.10. The van der Waals surface area contributed by atoms with E-state index >= 15 is 0 Å². The summed E-state index contributed by atoms with van der Waals surface area (Å²) in [5, 5.41) is 10.4. The van der Waals surface area contributed by atoms with Crippen molar-refractivity contribution in [3.63, 3.8) is 0 Å². The fourth-order valence-corrected chi connectivity index (χ4v) is 1.54. The summed E-state index contributed by atoms with van der Waals surface area (Å²) in [6.07, 6.45) is 0. The van der Waals surface area contributed by atoms with Gasteiger partial charge < -0.3 is 9.84 Å². The number of hydrogen-bond donors (Lipinski definition) is 2. The topological polar surface area (TPSA) is 95.9 Å². The normalized spacial score (nSPS) is 10.0. The third-order valence-corrected chi connectivity index (χ3v) is 2.39. The molecule has 2 N–H and O–H groups in total. The number of amides is 3. The van der Waals surface area contributed by atoms with E-state index < -0.39 is 36.9 Å². The zero-order valence-electron chi connectivity index (χ0n) is 11.3. The van der Waals surface area contributed by atoms with Gasteiger partial charge in [-0.2, -0.15) is 0 Å². The molecule has 1 aromatic carbocycles. The Morgan fingerprint density at radius 3 is 2.62 bits per heavy atom. The minimum atomic E-state index is -1.22. The van der Waals surface area contributed by atoms with Gasteiger partial charge in [-0.15, -0.1) is 0 Å². The second kappa shape index (κ2) is 7.95. The molecule has 0 unspecified atom stereocenters.